The summed E-state index contributed by atoms with van der Waals surface area (Å²) < 4.78 is 15.9. The molecule has 0 spiro atoms. The maximum atomic E-state index is 14.0. The van der Waals surface area contributed by atoms with Crippen molar-refractivity contribution in [1.82, 2.24) is 0 Å². The number of anilines is 2. The van der Waals surface area contributed by atoms with Crippen LogP contribution in [0.15, 0.2) is 40.9 Å². The minimum Gasteiger partial charge on any atom is -0.497 e. The molecule has 182 valence electrons. The van der Waals surface area contributed by atoms with Crippen LogP contribution in [0.1, 0.15) is 36.7 Å². The van der Waals surface area contributed by atoms with Gasteiger partial charge in [0.1, 0.15) is 5.75 Å². The number of nitrogens with one attached hydrogen (secondary N) is 1. The van der Waals surface area contributed by atoms with Gasteiger partial charge in [0.15, 0.2) is 11.6 Å². The van der Waals surface area contributed by atoms with Crippen LogP contribution in [0.2, 0.25) is 0 Å². The Morgan fingerprint density at radius 2 is 1.88 bits per heavy atom. The Bertz CT molecular complexity index is 1120. The maximum Gasteiger partial charge on any atom is 0.340 e. The highest BCUT2D eigenvalue weighted by Crippen LogP contribution is 2.47. The molecule has 9 nitrogen and oxygen atoms in total. The molecule has 34 heavy (non-hydrogen) atoms. The summed E-state index contributed by atoms with van der Waals surface area (Å²) in [7, 11) is 2.71. The summed E-state index contributed by atoms with van der Waals surface area (Å²) >= 11 is 3.33. The van der Waals surface area contributed by atoms with Gasteiger partial charge in [-0.05, 0) is 57.2 Å². The molecule has 3 rings (SSSR count). The minimum atomic E-state index is -2.00. The lowest BCUT2D eigenvalue weighted by atomic mass is 9.84. The van der Waals surface area contributed by atoms with Crippen molar-refractivity contribution in [2.75, 3.05) is 31.0 Å². The van der Waals surface area contributed by atoms with Crippen LogP contribution >= 0.6 is 15.9 Å². The Kier molecular flexibility index (Phi) is 7.52. The maximum absolute atomic E-state index is 14.0. The van der Waals surface area contributed by atoms with Gasteiger partial charge in [0.25, 0.3) is 5.91 Å². The Balaban J connectivity index is 2.33. The highest BCUT2D eigenvalue weighted by atomic mass is 79.9. The Hall–Kier alpha value is -3.11. The standard InChI is InChI=1S/C24H27BrN2O7/c1-6-34-22(30)20(28)24(26-18-9-7-14(25)11-16(18)21(29)33-5)17-12-15(32-4)8-10-19(17)27(13(2)3)23(24)31/h7-13,20,26,28H,6H2,1-5H3/t20-,24+/m1/s1. The number of rotatable bonds is 8. The normalized spacial score (nSPS) is 17.9. The quantitative estimate of drug-likeness (QED) is 0.496. The number of fused-ring (bicyclic) bond motifs is 1. The van der Waals surface area contributed by atoms with Crippen LogP contribution in [0, 0.1) is 0 Å². The molecule has 2 atom stereocenters. The lowest BCUT2D eigenvalue weighted by molar-refractivity contribution is -0.159. The third kappa shape index (κ3) is 4.23. The van der Waals surface area contributed by atoms with E-state index in [0.717, 1.165) is 0 Å². The third-order valence-electron chi connectivity index (χ3n) is 5.60. The predicted octanol–water partition coefficient (Wildman–Crippen LogP) is 3.23. The Morgan fingerprint density at radius 1 is 1.18 bits per heavy atom. The molecule has 1 heterocycles. The number of hydrogen-bond acceptors (Lipinski definition) is 8. The zero-order chi connectivity index (χ0) is 25.2. The second kappa shape index (κ2) is 10.0. The van der Waals surface area contributed by atoms with Gasteiger partial charge in [-0.1, -0.05) is 15.9 Å². The number of hydrogen-bond donors (Lipinski definition) is 2. The fourth-order valence-corrected chi connectivity index (χ4v) is 4.42. The summed E-state index contributed by atoms with van der Waals surface area (Å²) in [5.74, 6) is -1.81. The largest absolute Gasteiger partial charge is 0.497 e. The minimum absolute atomic E-state index is 0.00468. The van der Waals surface area contributed by atoms with E-state index in [-0.39, 0.29) is 23.9 Å². The fourth-order valence-electron chi connectivity index (χ4n) is 4.06. The van der Waals surface area contributed by atoms with Crippen LogP contribution in [-0.2, 0) is 24.6 Å². The van der Waals surface area contributed by atoms with E-state index in [4.69, 9.17) is 14.2 Å². The first kappa shape index (κ1) is 25.5. The topological polar surface area (TPSA) is 114 Å². The zero-order valence-electron chi connectivity index (χ0n) is 19.5. The number of amides is 1. The van der Waals surface area contributed by atoms with E-state index in [1.807, 2.05) is 13.8 Å². The number of halogens is 1. The van der Waals surface area contributed by atoms with E-state index < -0.39 is 29.5 Å². The van der Waals surface area contributed by atoms with E-state index in [2.05, 4.69) is 21.2 Å². The second-order valence-corrected chi connectivity index (χ2v) is 8.84. The number of methoxy groups -OCH3 is 2. The first-order valence-corrected chi connectivity index (χ1v) is 11.4. The van der Waals surface area contributed by atoms with Gasteiger partial charge in [0.2, 0.25) is 0 Å². The van der Waals surface area contributed by atoms with E-state index in [1.165, 1.54) is 25.2 Å². The summed E-state index contributed by atoms with van der Waals surface area (Å²) in [6, 6.07) is 9.39. The molecule has 0 bridgehead atoms. The van der Waals surface area contributed by atoms with Gasteiger partial charge in [-0.3, -0.25) is 4.79 Å². The summed E-state index contributed by atoms with van der Waals surface area (Å²) in [5.41, 5.74) is -0.909. The van der Waals surface area contributed by atoms with Crippen molar-refractivity contribution in [2.24, 2.45) is 0 Å². The molecule has 10 heteroatoms. The highest BCUT2D eigenvalue weighted by Gasteiger charge is 2.59. The van der Waals surface area contributed by atoms with Crippen molar-refractivity contribution < 1.29 is 33.7 Å². The van der Waals surface area contributed by atoms with E-state index in [0.29, 0.717) is 21.5 Å². The number of ether oxygens (including phenoxy) is 3. The molecule has 0 fully saturated rings. The molecule has 1 amide bonds. The summed E-state index contributed by atoms with van der Waals surface area (Å²) in [4.78, 5) is 40.9. The lowest BCUT2D eigenvalue weighted by Gasteiger charge is -2.35. The molecule has 2 aromatic rings. The van der Waals surface area contributed by atoms with Gasteiger partial charge in [-0.25, -0.2) is 9.59 Å². The number of aliphatic hydroxyl groups is 1. The molecule has 0 saturated carbocycles. The Labute approximate surface area is 206 Å². The monoisotopic (exact) mass is 534 g/mol. The fraction of sp³-hybridized carbons (Fsp3) is 0.375. The molecule has 0 saturated heterocycles. The summed E-state index contributed by atoms with van der Waals surface area (Å²) in [5, 5.41) is 14.4. The van der Waals surface area contributed by atoms with Crippen LogP contribution in [0.3, 0.4) is 0 Å². The molecule has 0 unspecified atom stereocenters. The van der Waals surface area contributed by atoms with E-state index >= 15 is 0 Å². The SMILES string of the molecule is CCOC(=O)[C@@H](O)[C@]1(Nc2ccc(Br)cc2C(=O)OC)C(=O)N(C(C)C)c2ccc(OC)cc21. The van der Waals surface area contributed by atoms with Crippen LogP contribution in [-0.4, -0.2) is 55.9 Å². The van der Waals surface area contributed by atoms with Crippen LogP contribution in [0.25, 0.3) is 0 Å². The van der Waals surface area contributed by atoms with Gasteiger partial charge >= 0.3 is 11.9 Å². The van der Waals surface area contributed by atoms with E-state index in [9.17, 15) is 19.5 Å². The van der Waals surface area contributed by atoms with Crippen molar-refractivity contribution >= 4 is 45.2 Å². The number of esters is 2. The molecular weight excluding hydrogens is 508 g/mol. The number of carbonyl (C=O) groups excluding carboxylic acids is 3. The van der Waals surface area contributed by atoms with Gasteiger partial charge in [0, 0.05) is 21.8 Å². The molecule has 1 aliphatic heterocycles. The number of benzene rings is 2. The zero-order valence-corrected chi connectivity index (χ0v) is 21.1. The number of nitrogens with zero attached hydrogens (tertiary/aromatic N) is 1. The molecule has 0 aromatic heterocycles. The lowest BCUT2D eigenvalue weighted by Crippen LogP contribution is -2.58. The number of aliphatic hydroxyl groups excluding tert-OH is 1. The van der Waals surface area contributed by atoms with Crippen molar-refractivity contribution in [3.05, 3.63) is 52.0 Å². The third-order valence-corrected chi connectivity index (χ3v) is 6.09. The Morgan fingerprint density at radius 3 is 2.47 bits per heavy atom. The summed E-state index contributed by atoms with van der Waals surface area (Å²) in [6.45, 7) is 5.24. The molecule has 1 aliphatic rings. The average Bonchev–Trinajstić information content (AvgIpc) is 3.07. The molecule has 2 N–H and O–H groups in total. The van der Waals surface area contributed by atoms with Gasteiger partial charge < -0.3 is 29.5 Å². The number of carbonyl (C=O) groups is 3. The molecule has 0 aliphatic carbocycles. The van der Waals surface area contributed by atoms with Crippen molar-refractivity contribution in [1.29, 1.82) is 0 Å². The van der Waals surface area contributed by atoms with Crippen molar-refractivity contribution in [3.8, 4) is 5.75 Å². The molecular formula is C24H27BrN2O7. The second-order valence-electron chi connectivity index (χ2n) is 7.92. The average molecular weight is 535 g/mol. The predicted molar refractivity (Wildman–Crippen MR) is 129 cm³/mol. The van der Waals surface area contributed by atoms with Crippen molar-refractivity contribution in [2.45, 2.75) is 38.5 Å². The summed E-state index contributed by atoms with van der Waals surface area (Å²) in [6.07, 6.45) is -1.94. The van der Waals surface area contributed by atoms with E-state index in [1.54, 1.807) is 37.3 Å². The van der Waals surface area contributed by atoms with Gasteiger partial charge in [-0.2, -0.15) is 0 Å². The van der Waals surface area contributed by atoms with Crippen LogP contribution in [0.4, 0.5) is 11.4 Å². The van der Waals surface area contributed by atoms with Gasteiger partial charge in [0.05, 0.1) is 32.1 Å². The van der Waals surface area contributed by atoms with Crippen LogP contribution in [0.5, 0.6) is 5.75 Å². The molecule has 2 aromatic carbocycles. The first-order chi connectivity index (χ1) is 16.1. The first-order valence-electron chi connectivity index (χ1n) is 10.6. The smallest absolute Gasteiger partial charge is 0.340 e. The highest BCUT2D eigenvalue weighted by molar-refractivity contribution is 9.10. The van der Waals surface area contributed by atoms with Gasteiger partial charge in [-0.15, -0.1) is 0 Å². The van der Waals surface area contributed by atoms with Crippen LogP contribution < -0.4 is 15.0 Å². The molecule has 0 radical (unpaired) electrons. The van der Waals surface area contributed by atoms with Crippen molar-refractivity contribution in [3.63, 3.8) is 0 Å².